The van der Waals surface area contributed by atoms with Crippen molar-refractivity contribution in [3.63, 3.8) is 0 Å². The van der Waals surface area contributed by atoms with Crippen molar-refractivity contribution in [2.75, 3.05) is 11.9 Å². The van der Waals surface area contributed by atoms with Crippen LogP contribution in [0.1, 0.15) is 36.0 Å². The summed E-state index contributed by atoms with van der Waals surface area (Å²) in [5.74, 6) is -1.99. The molecule has 1 aliphatic rings. The van der Waals surface area contributed by atoms with E-state index < -0.39 is 48.1 Å². The molecular weight excluding hydrogens is 550 g/mol. The summed E-state index contributed by atoms with van der Waals surface area (Å²) in [5.41, 5.74) is -2.28. The first kappa shape index (κ1) is 29.7. The zero-order chi connectivity index (χ0) is 29.8. The van der Waals surface area contributed by atoms with Gasteiger partial charge in [-0.2, -0.15) is 26.3 Å². The van der Waals surface area contributed by atoms with Gasteiger partial charge in [-0.1, -0.05) is 60.2 Å². The molecule has 0 radical (unpaired) electrons. The maximum atomic E-state index is 14.9. The Morgan fingerprint density at radius 1 is 0.927 bits per heavy atom. The fourth-order valence-corrected chi connectivity index (χ4v) is 4.55. The van der Waals surface area contributed by atoms with Crippen LogP contribution in [-0.2, 0) is 15.1 Å². The lowest BCUT2D eigenvalue weighted by Crippen LogP contribution is -2.59. The first-order chi connectivity index (χ1) is 19.3. The van der Waals surface area contributed by atoms with Crippen LogP contribution in [0.25, 0.3) is 5.57 Å². The fourth-order valence-electron chi connectivity index (χ4n) is 4.55. The molecule has 3 aromatic carbocycles. The van der Waals surface area contributed by atoms with E-state index in [4.69, 9.17) is 4.74 Å². The molecular formula is C30H26F6N2O3. The van der Waals surface area contributed by atoms with E-state index in [1.807, 2.05) is 0 Å². The Morgan fingerprint density at radius 2 is 1.56 bits per heavy atom. The van der Waals surface area contributed by atoms with Crippen LogP contribution < -0.4 is 15.4 Å². The molecule has 0 bridgehead atoms. The van der Waals surface area contributed by atoms with Crippen molar-refractivity contribution in [1.29, 1.82) is 0 Å². The number of halogens is 6. The highest BCUT2D eigenvalue weighted by Gasteiger charge is 2.60. The van der Waals surface area contributed by atoms with Crippen LogP contribution >= 0.6 is 0 Å². The summed E-state index contributed by atoms with van der Waals surface area (Å²) in [6.07, 6.45) is -11.5. The number of nitrogens with one attached hydrogen (secondary N) is 2. The number of para-hydroxylation sites is 1. The minimum atomic E-state index is -4.99. The number of amides is 2. The van der Waals surface area contributed by atoms with Crippen molar-refractivity contribution in [3.05, 3.63) is 101 Å². The molecule has 0 aliphatic carbocycles. The number of aryl methyl sites for hydroxylation is 1. The number of anilines is 1. The second-order valence-corrected chi connectivity index (χ2v) is 9.67. The summed E-state index contributed by atoms with van der Waals surface area (Å²) in [7, 11) is 0. The first-order valence-electron chi connectivity index (χ1n) is 12.6. The molecule has 0 aromatic heterocycles. The van der Waals surface area contributed by atoms with E-state index in [0.29, 0.717) is 5.69 Å². The molecule has 0 saturated heterocycles. The van der Waals surface area contributed by atoms with Gasteiger partial charge in [0, 0.05) is 18.5 Å². The summed E-state index contributed by atoms with van der Waals surface area (Å²) in [6, 6.07) is 19.3. The molecule has 1 aliphatic heterocycles. The molecule has 0 spiro atoms. The number of alkyl halides is 6. The Bertz CT molecular complexity index is 1420. The Hall–Kier alpha value is -4.28. The number of rotatable bonds is 8. The Morgan fingerprint density at radius 3 is 2.15 bits per heavy atom. The molecule has 0 fully saturated rings. The lowest BCUT2D eigenvalue weighted by molar-refractivity contribution is -0.201. The molecule has 3 aromatic rings. The van der Waals surface area contributed by atoms with Gasteiger partial charge < -0.3 is 15.4 Å². The summed E-state index contributed by atoms with van der Waals surface area (Å²) >= 11 is 0. The van der Waals surface area contributed by atoms with E-state index in [0.717, 1.165) is 17.7 Å². The smallest absolute Gasteiger partial charge is 0.416 e. The molecule has 0 saturated carbocycles. The second kappa shape index (κ2) is 11.7. The van der Waals surface area contributed by atoms with Crippen LogP contribution in [0.5, 0.6) is 5.75 Å². The van der Waals surface area contributed by atoms with Crippen LogP contribution in [0, 0.1) is 6.92 Å². The molecule has 1 atom stereocenters. The van der Waals surface area contributed by atoms with Crippen molar-refractivity contribution in [3.8, 4) is 5.75 Å². The van der Waals surface area contributed by atoms with Crippen LogP contribution in [0.4, 0.5) is 32.0 Å². The number of hydrogen-bond donors (Lipinski definition) is 2. The van der Waals surface area contributed by atoms with E-state index in [-0.39, 0.29) is 35.5 Å². The number of ether oxygens (including phenoxy) is 1. The normalized spacial score (nSPS) is 17.7. The van der Waals surface area contributed by atoms with Gasteiger partial charge in [0.05, 0.1) is 6.61 Å². The molecule has 1 heterocycles. The van der Waals surface area contributed by atoms with Crippen molar-refractivity contribution in [2.24, 2.45) is 0 Å². The molecule has 2 amide bonds. The average molecular weight is 577 g/mol. The Balaban J connectivity index is 1.71. The van der Waals surface area contributed by atoms with Crippen LogP contribution in [-0.4, -0.2) is 30.8 Å². The van der Waals surface area contributed by atoms with Crippen molar-refractivity contribution in [1.82, 2.24) is 5.32 Å². The molecule has 41 heavy (non-hydrogen) atoms. The first-order valence-corrected chi connectivity index (χ1v) is 12.6. The highest BCUT2D eigenvalue weighted by Crippen LogP contribution is 2.48. The third kappa shape index (κ3) is 6.90. The highest BCUT2D eigenvalue weighted by molar-refractivity contribution is 6.28. The van der Waals surface area contributed by atoms with E-state index in [1.165, 1.54) is 12.1 Å². The third-order valence-corrected chi connectivity index (χ3v) is 6.66. The van der Waals surface area contributed by atoms with Crippen LogP contribution in [0.15, 0.2) is 84.4 Å². The predicted octanol–water partition coefficient (Wildman–Crippen LogP) is 7.09. The fraction of sp³-hybridized carbons (Fsp3) is 0.267. The summed E-state index contributed by atoms with van der Waals surface area (Å²) < 4.78 is 86.9. The number of carbonyl (C=O) groups excluding carboxylic acids is 2. The van der Waals surface area contributed by atoms with Gasteiger partial charge in [0.25, 0.3) is 11.8 Å². The van der Waals surface area contributed by atoms with Gasteiger partial charge in [-0.05, 0) is 54.3 Å². The maximum absolute atomic E-state index is 14.9. The summed E-state index contributed by atoms with van der Waals surface area (Å²) in [4.78, 5) is 26.6. The maximum Gasteiger partial charge on any atom is 0.416 e. The zero-order valence-electron chi connectivity index (χ0n) is 21.8. The lowest BCUT2D eigenvalue weighted by Gasteiger charge is -2.41. The van der Waals surface area contributed by atoms with E-state index in [1.54, 1.807) is 61.5 Å². The minimum Gasteiger partial charge on any atom is -0.494 e. The molecule has 1 unspecified atom stereocenters. The summed E-state index contributed by atoms with van der Waals surface area (Å²) in [6.45, 7) is 1.52. The monoisotopic (exact) mass is 576 g/mol. The third-order valence-electron chi connectivity index (χ3n) is 6.66. The van der Waals surface area contributed by atoms with Gasteiger partial charge >= 0.3 is 12.4 Å². The average Bonchev–Trinajstić information content (AvgIpc) is 2.91. The van der Waals surface area contributed by atoms with Crippen molar-refractivity contribution >= 4 is 23.1 Å². The standard InChI is InChI=1S/C30H26F6N2O3/c1-19-8-10-20(11-9-19)24-18-28(30(34,35)36,21-12-14-23(15-13-21)41-17-5-16-29(31,32)33)38-27(40)25(24)26(39)37-22-6-3-2-4-7-22/h2-4,6-15H,5,16-18H2,1H3,(H,37,39)(H,38,40). The SMILES string of the molecule is Cc1ccc(C2=C(C(=O)Nc3ccccc3)C(=O)NC(c3ccc(OCCCC(F)(F)F)cc3)(C(F)(F)F)C2)cc1. The van der Waals surface area contributed by atoms with Crippen molar-refractivity contribution < 1.29 is 40.7 Å². The van der Waals surface area contributed by atoms with Gasteiger partial charge in [0.2, 0.25) is 0 Å². The lowest BCUT2D eigenvalue weighted by atomic mass is 9.76. The van der Waals surface area contributed by atoms with Gasteiger partial charge in [-0.3, -0.25) is 9.59 Å². The Labute approximate surface area is 232 Å². The number of carbonyl (C=O) groups is 2. The van der Waals surface area contributed by atoms with Crippen LogP contribution in [0.3, 0.4) is 0 Å². The predicted molar refractivity (Wildman–Crippen MR) is 141 cm³/mol. The van der Waals surface area contributed by atoms with Gasteiger partial charge in [-0.15, -0.1) is 0 Å². The van der Waals surface area contributed by atoms with E-state index >= 15 is 0 Å². The topological polar surface area (TPSA) is 67.4 Å². The van der Waals surface area contributed by atoms with E-state index in [2.05, 4.69) is 10.6 Å². The van der Waals surface area contributed by atoms with Gasteiger partial charge in [0.1, 0.15) is 11.3 Å². The van der Waals surface area contributed by atoms with Crippen LogP contribution in [0.2, 0.25) is 0 Å². The quantitative estimate of drug-likeness (QED) is 0.171. The Kier molecular flexibility index (Phi) is 8.46. The zero-order valence-corrected chi connectivity index (χ0v) is 21.8. The van der Waals surface area contributed by atoms with Crippen molar-refractivity contribution in [2.45, 2.75) is 44.1 Å². The number of hydrogen-bond acceptors (Lipinski definition) is 3. The molecule has 2 N–H and O–H groups in total. The molecule has 216 valence electrons. The molecule has 11 heteroatoms. The molecule has 4 rings (SSSR count). The second-order valence-electron chi connectivity index (χ2n) is 9.67. The number of benzene rings is 3. The van der Waals surface area contributed by atoms with Gasteiger partial charge in [0.15, 0.2) is 5.54 Å². The summed E-state index contributed by atoms with van der Waals surface area (Å²) in [5, 5.41) is 4.63. The molecule has 5 nitrogen and oxygen atoms in total. The van der Waals surface area contributed by atoms with E-state index in [9.17, 15) is 35.9 Å². The minimum absolute atomic E-state index is 0.0765. The highest BCUT2D eigenvalue weighted by atomic mass is 19.4. The largest absolute Gasteiger partial charge is 0.494 e. The van der Waals surface area contributed by atoms with Gasteiger partial charge in [-0.25, -0.2) is 0 Å².